The number of nitrogens with zero attached hydrogens (tertiary/aromatic N) is 1. The van der Waals surface area contributed by atoms with Crippen LogP contribution in [0.5, 0.6) is 0 Å². The molecule has 0 spiro atoms. The van der Waals surface area contributed by atoms with Gasteiger partial charge in [-0.25, -0.2) is 0 Å². The lowest BCUT2D eigenvalue weighted by molar-refractivity contribution is -0.0571. The summed E-state index contributed by atoms with van der Waals surface area (Å²) in [6.45, 7) is 14.8. The fourth-order valence-electron chi connectivity index (χ4n) is 2.98. The standard InChI is InChI=1S/C15H30N2O/c1-11(8-16-15(3,4)5)12(2)17-9-13-6-7-14(10-17)18-13/h11-14,16H,6-10H2,1-5H3. The van der Waals surface area contributed by atoms with E-state index in [9.17, 15) is 0 Å². The normalized spacial score (nSPS) is 32.5. The molecule has 0 aliphatic carbocycles. The molecule has 0 amide bonds. The molecule has 2 aliphatic rings. The summed E-state index contributed by atoms with van der Waals surface area (Å²) in [5.41, 5.74) is 0.220. The molecule has 2 heterocycles. The number of nitrogens with one attached hydrogen (secondary N) is 1. The topological polar surface area (TPSA) is 24.5 Å². The molecule has 4 unspecified atom stereocenters. The van der Waals surface area contributed by atoms with Gasteiger partial charge in [-0.2, -0.15) is 0 Å². The van der Waals surface area contributed by atoms with Crippen LogP contribution in [0.2, 0.25) is 0 Å². The van der Waals surface area contributed by atoms with Gasteiger partial charge < -0.3 is 10.1 Å². The minimum Gasteiger partial charge on any atom is -0.372 e. The highest BCUT2D eigenvalue weighted by molar-refractivity contribution is 4.89. The highest BCUT2D eigenvalue weighted by Crippen LogP contribution is 2.28. The molecule has 3 nitrogen and oxygen atoms in total. The third-order valence-corrected chi connectivity index (χ3v) is 4.43. The summed E-state index contributed by atoms with van der Waals surface area (Å²) >= 11 is 0. The highest BCUT2D eigenvalue weighted by Gasteiger charge is 2.36. The van der Waals surface area contributed by atoms with Crippen LogP contribution in [0.3, 0.4) is 0 Å². The highest BCUT2D eigenvalue weighted by atomic mass is 16.5. The Morgan fingerprint density at radius 1 is 1.17 bits per heavy atom. The zero-order valence-corrected chi connectivity index (χ0v) is 12.7. The zero-order chi connectivity index (χ0) is 13.3. The van der Waals surface area contributed by atoms with E-state index in [0.29, 0.717) is 24.2 Å². The number of hydrogen-bond donors (Lipinski definition) is 1. The van der Waals surface area contributed by atoms with E-state index in [2.05, 4.69) is 44.8 Å². The maximum atomic E-state index is 5.91. The number of likely N-dealkylation sites (tertiary alicyclic amines) is 1. The first-order valence-corrected chi connectivity index (χ1v) is 7.49. The number of hydrogen-bond acceptors (Lipinski definition) is 3. The second-order valence-corrected chi connectivity index (χ2v) is 7.26. The Hall–Kier alpha value is -0.120. The van der Waals surface area contributed by atoms with Gasteiger partial charge in [0.05, 0.1) is 12.2 Å². The summed E-state index contributed by atoms with van der Waals surface area (Å²) in [5.74, 6) is 0.682. The summed E-state index contributed by atoms with van der Waals surface area (Å²) in [7, 11) is 0. The third-order valence-electron chi connectivity index (χ3n) is 4.43. The molecule has 2 aliphatic heterocycles. The van der Waals surface area contributed by atoms with Crippen molar-refractivity contribution in [2.75, 3.05) is 19.6 Å². The van der Waals surface area contributed by atoms with Crippen molar-refractivity contribution in [2.24, 2.45) is 5.92 Å². The maximum Gasteiger partial charge on any atom is 0.0707 e. The van der Waals surface area contributed by atoms with Crippen LogP contribution in [0.25, 0.3) is 0 Å². The van der Waals surface area contributed by atoms with Gasteiger partial charge in [-0.1, -0.05) is 6.92 Å². The molecule has 0 aromatic rings. The summed E-state index contributed by atoms with van der Waals surface area (Å²) in [5, 5.41) is 3.62. The zero-order valence-electron chi connectivity index (χ0n) is 12.7. The Labute approximate surface area is 112 Å². The molecule has 3 heteroatoms. The van der Waals surface area contributed by atoms with Crippen molar-refractivity contribution in [3.63, 3.8) is 0 Å². The van der Waals surface area contributed by atoms with Gasteiger partial charge in [0.2, 0.25) is 0 Å². The molecule has 2 rings (SSSR count). The van der Waals surface area contributed by atoms with Crippen LogP contribution in [0.15, 0.2) is 0 Å². The lowest BCUT2D eigenvalue weighted by atomic mass is 9.99. The first-order chi connectivity index (χ1) is 8.35. The second kappa shape index (κ2) is 5.48. The largest absolute Gasteiger partial charge is 0.372 e. The molecule has 0 aromatic carbocycles. The summed E-state index contributed by atoms with van der Waals surface area (Å²) in [6, 6.07) is 0.645. The SMILES string of the molecule is CC(CNC(C)(C)C)C(C)N1CC2CCC(C1)O2. The van der Waals surface area contributed by atoms with Crippen LogP contribution >= 0.6 is 0 Å². The molecule has 18 heavy (non-hydrogen) atoms. The van der Waals surface area contributed by atoms with Crippen LogP contribution in [-0.4, -0.2) is 48.3 Å². The van der Waals surface area contributed by atoms with E-state index in [1.807, 2.05) is 0 Å². The molecule has 1 N–H and O–H groups in total. The van der Waals surface area contributed by atoms with Gasteiger partial charge >= 0.3 is 0 Å². The number of rotatable bonds is 4. The van der Waals surface area contributed by atoms with Crippen molar-refractivity contribution in [1.82, 2.24) is 10.2 Å². The fourth-order valence-corrected chi connectivity index (χ4v) is 2.98. The number of morpholine rings is 1. The lowest BCUT2D eigenvalue weighted by Gasteiger charge is -2.39. The third kappa shape index (κ3) is 3.69. The van der Waals surface area contributed by atoms with Crippen LogP contribution in [-0.2, 0) is 4.74 Å². The van der Waals surface area contributed by atoms with Crippen LogP contribution in [0, 0.1) is 5.92 Å². The maximum absolute atomic E-state index is 5.91. The average molecular weight is 254 g/mol. The monoisotopic (exact) mass is 254 g/mol. The predicted octanol–water partition coefficient (Wildman–Crippen LogP) is 2.26. The molecule has 0 aromatic heterocycles. The number of fused-ring (bicyclic) bond motifs is 2. The van der Waals surface area contributed by atoms with Gasteiger partial charge in [0, 0.05) is 24.7 Å². The van der Waals surface area contributed by atoms with Crippen LogP contribution in [0.1, 0.15) is 47.5 Å². The first-order valence-electron chi connectivity index (χ1n) is 7.49. The minimum absolute atomic E-state index is 0.220. The van der Waals surface area contributed by atoms with Gasteiger partial charge in [0.15, 0.2) is 0 Å². The molecular formula is C15H30N2O. The first kappa shape index (κ1) is 14.3. The average Bonchev–Trinajstić information content (AvgIpc) is 2.63. The van der Waals surface area contributed by atoms with E-state index in [1.165, 1.54) is 12.8 Å². The van der Waals surface area contributed by atoms with Crippen LogP contribution < -0.4 is 5.32 Å². The molecule has 4 atom stereocenters. The molecule has 0 saturated carbocycles. The van der Waals surface area contributed by atoms with E-state index in [-0.39, 0.29) is 5.54 Å². The van der Waals surface area contributed by atoms with Crippen molar-refractivity contribution in [2.45, 2.75) is 71.2 Å². The van der Waals surface area contributed by atoms with Crippen LogP contribution in [0.4, 0.5) is 0 Å². The van der Waals surface area contributed by atoms with Gasteiger partial charge in [-0.15, -0.1) is 0 Å². The smallest absolute Gasteiger partial charge is 0.0707 e. The van der Waals surface area contributed by atoms with Gasteiger partial charge in [0.25, 0.3) is 0 Å². The molecule has 0 radical (unpaired) electrons. The van der Waals surface area contributed by atoms with E-state index in [1.54, 1.807) is 0 Å². The van der Waals surface area contributed by atoms with Gasteiger partial charge in [0.1, 0.15) is 0 Å². The van der Waals surface area contributed by atoms with E-state index < -0.39 is 0 Å². The number of ether oxygens (including phenoxy) is 1. The minimum atomic E-state index is 0.220. The predicted molar refractivity (Wildman–Crippen MR) is 75.8 cm³/mol. The fraction of sp³-hybridized carbons (Fsp3) is 1.00. The van der Waals surface area contributed by atoms with E-state index in [4.69, 9.17) is 4.74 Å². The van der Waals surface area contributed by atoms with Crippen molar-refractivity contribution in [3.05, 3.63) is 0 Å². The van der Waals surface area contributed by atoms with Crippen molar-refractivity contribution < 1.29 is 4.74 Å². The Morgan fingerprint density at radius 2 is 1.72 bits per heavy atom. The lowest BCUT2D eigenvalue weighted by Crippen LogP contribution is -2.51. The second-order valence-electron chi connectivity index (χ2n) is 7.26. The Kier molecular flexibility index (Phi) is 4.35. The molecular weight excluding hydrogens is 224 g/mol. The molecule has 2 bridgehead atoms. The van der Waals surface area contributed by atoms with E-state index in [0.717, 1.165) is 19.6 Å². The Bertz CT molecular complexity index is 262. The Balaban J connectivity index is 1.81. The Morgan fingerprint density at radius 3 is 2.22 bits per heavy atom. The van der Waals surface area contributed by atoms with Gasteiger partial charge in [-0.05, 0) is 53.0 Å². The molecule has 2 saturated heterocycles. The van der Waals surface area contributed by atoms with E-state index >= 15 is 0 Å². The summed E-state index contributed by atoms with van der Waals surface area (Å²) in [6.07, 6.45) is 3.55. The summed E-state index contributed by atoms with van der Waals surface area (Å²) in [4.78, 5) is 2.64. The van der Waals surface area contributed by atoms with Crippen molar-refractivity contribution in [1.29, 1.82) is 0 Å². The van der Waals surface area contributed by atoms with Crippen molar-refractivity contribution >= 4 is 0 Å². The van der Waals surface area contributed by atoms with Gasteiger partial charge in [-0.3, -0.25) is 4.90 Å². The molecule has 106 valence electrons. The quantitative estimate of drug-likeness (QED) is 0.833. The van der Waals surface area contributed by atoms with Crippen molar-refractivity contribution in [3.8, 4) is 0 Å². The molecule has 2 fully saturated rings. The summed E-state index contributed by atoms with van der Waals surface area (Å²) < 4.78 is 5.91.